The Labute approximate surface area is 209 Å². The van der Waals surface area contributed by atoms with Crippen molar-refractivity contribution in [3.05, 3.63) is 76.0 Å². The molecule has 0 aliphatic carbocycles. The molecule has 0 saturated carbocycles. The standard InChI is InChI=1S/C27H32N6O3/c1-4-5-16-32-24(26(34)35)23(15-10-18(2)3)33(27(32)36)17-19-11-13-20(14-12-19)21-8-6-7-9-22(21)25-28-30-31-29-25/h6-9,11-14,18H,4-5,10,15-17H2,1-3H3,(H,34,35)(H,28,29,30,31). The first kappa shape index (κ1) is 25.1. The molecule has 9 nitrogen and oxygen atoms in total. The number of carbonyl (C=O) groups is 1. The summed E-state index contributed by atoms with van der Waals surface area (Å²) in [6.45, 7) is 6.95. The second kappa shape index (κ2) is 11.2. The van der Waals surface area contributed by atoms with Crippen LogP contribution in [-0.4, -0.2) is 40.8 Å². The van der Waals surface area contributed by atoms with Crippen LogP contribution in [0.5, 0.6) is 0 Å². The van der Waals surface area contributed by atoms with Crippen LogP contribution in [0.15, 0.2) is 53.3 Å². The average Bonchev–Trinajstić information content (AvgIpc) is 3.49. The Kier molecular flexibility index (Phi) is 7.77. The molecule has 0 spiro atoms. The molecule has 4 aromatic rings. The van der Waals surface area contributed by atoms with Gasteiger partial charge in [-0.2, -0.15) is 0 Å². The Morgan fingerprint density at radius 3 is 2.39 bits per heavy atom. The summed E-state index contributed by atoms with van der Waals surface area (Å²) in [7, 11) is 0. The van der Waals surface area contributed by atoms with Gasteiger partial charge in [-0.3, -0.25) is 9.13 Å². The highest BCUT2D eigenvalue weighted by Crippen LogP contribution is 2.30. The number of hydrogen-bond acceptors (Lipinski definition) is 5. The molecule has 2 aromatic heterocycles. The van der Waals surface area contributed by atoms with Crippen molar-refractivity contribution in [2.24, 2.45) is 5.92 Å². The van der Waals surface area contributed by atoms with E-state index in [1.54, 1.807) is 4.57 Å². The molecule has 0 fully saturated rings. The third-order valence-corrected chi connectivity index (χ3v) is 6.36. The van der Waals surface area contributed by atoms with E-state index in [4.69, 9.17) is 0 Å². The molecule has 0 aliphatic heterocycles. The van der Waals surface area contributed by atoms with Crippen LogP contribution < -0.4 is 5.69 Å². The smallest absolute Gasteiger partial charge is 0.354 e. The number of carboxylic acids is 1. The molecule has 0 aliphatic rings. The van der Waals surface area contributed by atoms with Gasteiger partial charge < -0.3 is 5.11 Å². The van der Waals surface area contributed by atoms with Gasteiger partial charge in [0.1, 0.15) is 0 Å². The molecule has 0 bridgehead atoms. The molecule has 4 rings (SSSR count). The topological polar surface area (TPSA) is 119 Å². The van der Waals surface area contributed by atoms with Crippen molar-refractivity contribution in [1.29, 1.82) is 0 Å². The van der Waals surface area contributed by atoms with Crippen molar-refractivity contribution in [3.63, 3.8) is 0 Å². The Morgan fingerprint density at radius 1 is 1.06 bits per heavy atom. The first-order valence-electron chi connectivity index (χ1n) is 12.4. The summed E-state index contributed by atoms with van der Waals surface area (Å²) in [6, 6.07) is 15.8. The van der Waals surface area contributed by atoms with E-state index in [9.17, 15) is 14.7 Å². The highest BCUT2D eigenvalue weighted by Gasteiger charge is 2.24. The maximum Gasteiger partial charge on any atom is 0.354 e. The lowest BCUT2D eigenvalue weighted by Gasteiger charge is -2.11. The highest BCUT2D eigenvalue weighted by atomic mass is 16.4. The zero-order valence-corrected chi connectivity index (χ0v) is 20.9. The molecule has 0 radical (unpaired) electrons. The lowest BCUT2D eigenvalue weighted by atomic mass is 9.98. The molecule has 2 N–H and O–H groups in total. The van der Waals surface area contributed by atoms with Crippen molar-refractivity contribution in [2.75, 3.05) is 0 Å². The fraction of sp³-hybridized carbons (Fsp3) is 0.370. The minimum Gasteiger partial charge on any atom is -0.477 e. The fourth-order valence-electron chi connectivity index (χ4n) is 4.43. The van der Waals surface area contributed by atoms with Crippen LogP contribution in [0.3, 0.4) is 0 Å². The SMILES string of the molecule is CCCCn1c(C(=O)O)c(CCC(C)C)n(Cc2ccc(-c3ccccc3-c3nnn[nH]3)cc2)c1=O. The molecule has 188 valence electrons. The normalized spacial score (nSPS) is 11.3. The number of aromatic nitrogens is 6. The van der Waals surface area contributed by atoms with Gasteiger partial charge in [0.15, 0.2) is 11.5 Å². The minimum absolute atomic E-state index is 0.125. The third-order valence-electron chi connectivity index (χ3n) is 6.36. The largest absolute Gasteiger partial charge is 0.477 e. The lowest BCUT2D eigenvalue weighted by Crippen LogP contribution is -2.26. The van der Waals surface area contributed by atoms with Crippen molar-refractivity contribution in [3.8, 4) is 22.5 Å². The summed E-state index contributed by atoms with van der Waals surface area (Å²) in [4.78, 5) is 25.6. The number of nitrogens with zero attached hydrogens (tertiary/aromatic N) is 5. The van der Waals surface area contributed by atoms with E-state index in [1.807, 2.05) is 55.5 Å². The van der Waals surface area contributed by atoms with E-state index in [-0.39, 0.29) is 11.4 Å². The second-order valence-corrected chi connectivity index (χ2v) is 9.40. The molecule has 0 saturated heterocycles. The fourth-order valence-corrected chi connectivity index (χ4v) is 4.43. The van der Waals surface area contributed by atoms with Crippen LogP contribution in [0.4, 0.5) is 0 Å². The number of imidazole rings is 1. The van der Waals surface area contributed by atoms with Gasteiger partial charge in [-0.1, -0.05) is 75.7 Å². The van der Waals surface area contributed by atoms with E-state index in [1.165, 1.54) is 4.57 Å². The monoisotopic (exact) mass is 488 g/mol. The van der Waals surface area contributed by atoms with Crippen LogP contribution in [0, 0.1) is 5.92 Å². The van der Waals surface area contributed by atoms with Gasteiger partial charge in [-0.25, -0.2) is 14.7 Å². The van der Waals surface area contributed by atoms with Crippen molar-refractivity contribution < 1.29 is 9.90 Å². The molecule has 0 unspecified atom stereocenters. The Balaban J connectivity index is 1.69. The van der Waals surface area contributed by atoms with E-state index >= 15 is 0 Å². The first-order chi connectivity index (χ1) is 17.4. The Bertz CT molecular complexity index is 1370. The number of aromatic carboxylic acids is 1. The summed E-state index contributed by atoms with van der Waals surface area (Å²) in [5.41, 5.74) is 4.26. The minimum atomic E-state index is -1.05. The number of nitrogens with one attached hydrogen (secondary N) is 1. The first-order valence-corrected chi connectivity index (χ1v) is 12.4. The van der Waals surface area contributed by atoms with Crippen LogP contribution in [0.25, 0.3) is 22.5 Å². The zero-order chi connectivity index (χ0) is 25.7. The van der Waals surface area contributed by atoms with E-state index < -0.39 is 5.97 Å². The van der Waals surface area contributed by atoms with Gasteiger partial charge in [-0.05, 0) is 52.3 Å². The summed E-state index contributed by atoms with van der Waals surface area (Å²) < 4.78 is 3.09. The maximum atomic E-state index is 13.4. The summed E-state index contributed by atoms with van der Waals surface area (Å²) in [6.07, 6.45) is 2.99. The molecule has 2 heterocycles. The van der Waals surface area contributed by atoms with Crippen molar-refractivity contribution in [2.45, 2.75) is 59.5 Å². The van der Waals surface area contributed by atoms with E-state index in [0.29, 0.717) is 36.9 Å². The molecular weight excluding hydrogens is 456 g/mol. The van der Waals surface area contributed by atoms with Gasteiger partial charge >= 0.3 is 11.7 Å². The Hall–Kier alpha value is -4.01. The van der Waals surface area contributed by atoms with Gasteiger partial charge in [0.2, 0.25) is 0 Å². The summed E-state index contributed by atoms with van der Waals surface area (Å²) in [5, 5.41) is 24.2. The van der Waals surface area contributed by atoms with Gasteiger partial charge in [-0.15, -0.1) is 5.10 Å². The number of rotatable bonds is 11. The molecule has 9 heteroatoms. The number of unbranched alkanes of at least 4 members (excludes halogenated alkanes) is 1. The van der Waals surface area contributed by atoms with Gasteiger partial charge in [0, 0.05) is 12.1 Å². The lowest BCUT2D eigenvalue weighted by molar-refractivity contribution is 0.0682. The zero-order valence-electron chi connectivity index (χ0n) is 20.9. The van der Waals surface area contributed by atoms with Crippen LogP contribution in [0.2, 0.25) is 0 Å². The molecule has 0 atom stereocenters. The second-order valence-electron chi connectivity index (χ2n) is 9.40. The number of H-pyrrole nitrogens is 1. The van der Waals surface area contributed by atoms with Gasteiger partial charge in [0.05, 0.1) is 12.2 Å². The van der Waals surface area contributed by atoms with E-state index in [2.05, 4.69) is 34.5 Å². The number of hydrogen-bond donors (Lipinski definition) is 2. The van der Waals surface area contributed by atoms with Crippen LogP contribution in [0.1, 0.15) is 61.8 Å². The van der Waals surface area contributed by atoms with Crippen molar-refractivity contribution in [1.82, 2.24) is 29.8 Å². The predicted octanol–water partition coefficient (Wildman–Crippen LogP) is 4.63. The molecule has 0 amide bonds. The van der Waals surface area contributed by atoms with Crippen LogP contribution >= 0.6 is 0 Å². The summed E-state index contributed by atoms with van der Waals surface area (Å²) in [5.74, 6) is -0.0617. The average molecular weight is 489 g/mol. The van der Waals surface area contributed by atoms with E-state index in [0.717, 1.165) is 41.5 Å². The predicted molar refractivity (Wildman–Crippen MR) is 138 cm³/mol. The maximum absolute atomic E-state index is 13.4. The quantitative estimate of drug-likeness (QED) is 0.318. The number of tetrazole rings is 1. The number of aromatic amines is 1. The number of carboxylic acid groups (broad SMARTS) is 1. The van der Waals surface area contributed by atoms with Gasteiger partial charge in [0.25, 0.3) is 0 Å². The molecule has 36 heavy (non-hydrogen) atoms. The molecular formula is C27H32N6O3. The number of benzene rings is 2. The van der Waals surface area contributed by atoms with Crippen molar-refractivity contribution >= 4 is 5.97 Å². The Morgan fingerprint density at radius 2 is 1.78 bits per heavy atom. The highest BCUT2D eigenvalue weighted by molar-refractivity contribution is 5.87. The molecule has 2 aromatic carbocycles. The summed E-state index contributed by atoms with van der Waals surface area (Å²) >= 11 is 0. The van der Waals surface area contributed by atoms with Crippen LogP contribution in [-0.2, 0) is 19.5 Å². The third kappa shape index (κ3) is 5.30.